The van der Waals surface area contributed by atoms with E-state index in [2.05, 4.69) is 10.3 Å². The first-order valence-corrected chi connectivity index (χ1v) is 7.97. The van der Waals surface area contributed by atoms with Crippen LogP contribution in [0.2, 0.25) is 0 Å². The molecule has 110 valence electrons. The minimum atomic E-state index is -3.37. The van der Waals surface area contributed by atoms with Gasteiger partial charge in [-0.25, -0.2) is 8.42 Å². The fourth-order valence-corrected chi connectivity index (χ4v) is 2.40. The molecule has 0 spiro atoms. The second-order valence-corrected chi connectivity index (χ2v) is 6.64. The van der Waals surface area contributed by atoms with Crippen molar-refractivity contribution in [1.82, 2.24) is 4.98 Å². The summed E-state index contributed by atoms with van der Waals surface area (Å²) in [5.41, 5.74) is 0.596. The van der Waals surface area contributed by atoms with Gasteiger partial charge in [-0.05, 0) is 24.6 Å². The molecule has 6 nitrogen and oxygen atoms in total. The van der Waals surface area contributed by atoms with E-state index < -0.39 is 21.2 Å². The lowest BCUT2D eigenvalue weighted by Crippen LogP contribution is -2.21. The first-order chi connectivity index (χ1) is 9.79. The van der Waals surface area contributed by atoms with Crippen molar-refractivity contribution in [3.05, 3.63) is 58.0 Å². The summed E-state index contributed by atoms with van der Waals surface area (Å²) < 4.78 is 23.1. The molecule has 1 aromatic heterocycles. The number of aromatic nitrogens is 1. The summed E-state index contributed by atoms with van der Waals surface area (Å²) in [5.74, 6) is -0.592. The molecule has 21 heavy (non-hydrogen) atoms. The monoisotopic (exact) mass is 306 g/mol. The van der Waals surface area contributed by atoms with Crippen molar-refractivity contribution in [3.63, 3.8) is 0 Å². The number of carbonyl (C=O) groups excluding carboxylic acids is 1. The van der Waals surface area contributed by atoms with Crippen molar-refractivity contribution in [2.45, 2.75) is 11.8 Å². The van der Waals surface area contributed by atoms with Crippen LogP contribution in [0.25, 0.3) is 0 Å². The molecule has 0 fully saturated rings. The van der Waals surface area contributed by atoms with Crippen molar-refractivity contribution in [2.24, 2.45) is 0 Å². The number of H-pyrrole nitrogens is 1. The van der Waals surface area contributed by atoms with Gasteiger partial charge in [-0.3, -0.25) is 9.59 Å². The molecule has 0 aliphatic carbocycles. The van der Waals surface area contributed by atoms with Gasteiger partial charge in [-0.2, -0.15) is 0 Å². The summed E-state index contributed by atoms with van der Waals surface area (Å²) in [4.78, 5) is 26.4. The second-order valence-electron chi connectivity index (χ2n) is 4.63. The Labute approximate surface area is 121 Å². The quantitative estimate of drug-likeness (QED) is 0.894. The van der Waals surface area contributed by atoms with Crippen LogP contribution >= 0.6 is 0 Å². The van der Waals surface area contributed by atoms with E-state index in [9.17, 15) is 18.0 Å². The molecule has 1 aromatic carbocycles. The number of aryl methyl sites for hydroxylation is 1. The molecule has 1 heterocycles. The Morgan fingerprint density at radius 2 is 1.95 bits per heavy atom. The van der Waals surface area contributed by atoms with Crippen LogP contribution in [0.3, 0.4) is 0 Å². The van der Waals surface area contributed by atoms with Gasteiger partial charge in [0.2, 0.25) is 0 Å². The van der Waals surface area contributed by atoms with E-state index in [0.29, 0.717) is 11.3 Å². The molecule has 0 unspecified atom stereocenters. The molecule has 2 aromatic rings. The molecule has 7 heteroatoms. The van der Waals surface area contributed by atoms with Crippen molar-refractivity contribution >= 4 is 21.4 Å². The second kappa shape index (κ2) is 5.53. The molecule has 2 N–H and O–H groups in total. The van der Waals surface area contributed by atoms with Gasteiger partial charge in [0.25, 0.3) is 5.91 Å². The number of rotatable bonds is 3. The highest BCUT2D eigenvalue weighted by Crippen LogP contribution is 2.20. The lowest BCUT2D eigenvalue weighted by Gasteiger charge is -2.09. The van der Waals surface area contributed by atoms with Crippen LogP contribution in [0.15, 0.2) is 46.3 Å². The van der Waals surface area contributed by atoms with Crippen molar-refractivity contribution in [1.29, 1.82) is 0 Å². The van der Waals surface area contributed by atoms with Crippen molar-refractivity contribution in [3.8, 4) is 0 Å². The maximum absolute atomic E-state index is 12.1. The smallest absolute Gasteiger partial charge is 0.261 e. The first-order valence-electron chi connectivity index (χ1n) is 6.08. The molecular formula is C14H14N2O4S. The average molecular weight is 306 g/mol. The van der Waals surface area contributed by atoms with Gasteiger partial charge in [0.05, 0.1) is 4.90 Å². The van der Waals surface area contributed by atoms with E-state index in [0.717, 1.165) is 6.26 Å². The third-order valence-electron chi connectivity index (χ3n) is 2.95. The summed E-state index contributed by atoms with van der Waals surface area (Å²) in [6.45, 7) is 1.73. The molecule has 0 bridgehead atoms. The Hall–Kier alpha value is -2.41. The number of hydrogen-bond donors (Lipinski definition) is 2. The molecule has 2 rings (SSSR count). The highest BCUT2D eigenvalue weighted by Gasteiger charge is 2.14. The summed E-state index contributed by atoms with van der Waals surface area (Å²) in [5, 5.41) is 2.56. The number of benzene rings is 1. The van der Waals surface area contributed by atoms with Crippen LogP contribution in [-0.2, 0) is 9.84 Å². The van der Waals surface area contributed by atoms with Gasteiger partial charge in [-0.15, -0.1) is 0 Å². The predicted octanol–water partition coefficient (Wildman–Crippen LogP) is 1.34. The van der Waals surface area contributed by atoms with Gasteiger partial charge in [0.15, 0.2) is 15.3 Å². The Kier molecular flexibility index (Phi) is 3.95. The minimum Gasteiger partial charge on any atom is -0.367 e. The zero-order valence-electron chi connectivity index (χ0n) is 11.5. The Morgan fingerprint density at radius 3 is 2.57 bits per heavy atom. The molecule has 0 atom stereocenters. The Balaban J connectivity index is 2.38. The number of anilines is 1. The van der Waals surface area contributed by atoms with Crippen LogP contribution in [0.5, 0.6) is 0 Å². The molecule has 0 saturated heterocycles. The number of carbonyl (C=O) groups is 1. The van der Waals surface area contributed by atoms with Gasteiger partial charge in [0, 0.05) is 30.4 Å². The fourth-order valence-electron chi connectivity index (χ4n) is 1.75. The fraction of sp³-hybridized carbons (Fsp3) is 0.143. The van der Waals surface area contributed by atoms with Crippen LogP contribution in [0, 0.1) is 6.92 Å². The molecule has 1 amide bonds. The Morgan fingerprint density at radius 1 is 1.24 bits per heavy atom. The number of hydrogen-bond acceptors (Lipinski definition) is 4. The predicted molar refractivity (Wildman–Crippen MR) is 79.3 cm³/mol. The SMILES string of the molecule is Cc1ccc(S(C)(=O)=O)cc1NC(=O)c1c[nH]ccc1=O. The number of pyridine rings is 1. The third-order valence-corrected chi connectivity index (χ3v) is 4.06. The third kappa shape index (κ3) is 3.38. The summed E-state index contributed by atoms with van der Waals surface area (Å²) in [7, 11) is -3.37. The normalized spacial score (nSPS) is 11.1. The lowest BCUT2D eigenvalue weighted by atomic mass is 10.2. The van der Waals surface area contributed by atoms with E-state index in [1.54, 1.807) is 13.0 Å². The minimum absolute atomic E-state index is 0.0401. The largest absolute Gasteiger partial charge is 0.367 e. The van der Waals surface area contributed by atoms with E-state index in [-0.39, 0.29) is 10.5 Å². The molecule has 0 saturated carbocycles. The van der Waals surface area contributed by atoms with E-state index in [1.165, 1.54) is 30.6 Å². The van der Waals surface area contributed by atoms with Crippen LogP contribution in [0.4, 0.5) is 5.69 Å². The van der Waals surface area contributed by atoms with Gasteiger partial charge in [0.1, 0.15) is 5.56 Å². The number of amides is 1. The van der Waals surface area contributed by atoms with Gasteiger partial charge in [-0.1, -0.05) is 6.07 Å². The number of sulfone groups is 1. The van der Waals surface area contributed by atoms with E-state index >= 15 is 0 Å². The van der Waals surface area contributed by atoms with Crippen LogP contribution < -0.4 is 10.7 Å². The topological polar surface area (TPSA) is 96.1 Å². The zero-order valence-corrected chi connectivity index (χ0v) is 12.3. The highest BCUT2D eigenvalue weighted by molar-refractivity contribution is 7.90. The first kappa shape index (κ1) is 15.0. The standard InChI is InChI=1S/C14H14N2O4S/c1-9-3-4-10(21(2,19)20)7-12(9)16-14(18)11-8-15-6-5-13(11)17/h3-8H,1-2H3,(H,15,17)(H,16,18). The van der Waals surface area contributed by atoms with Crippen LogP contribution in [-0.4, -0.2) is 25.6 Å². The van der Waals surface area contributed by atoms with Crippen molar-refractivity contribution < 1.29 is 13.2 Å². The van der Waals surface area contributed by atoms with E-state index in [1.807, 2.05) is 0 Å². The average Bonchev–Trinajstić information content (AvgIpc) is 2.40. The summed E-state index contributed by atoms with van der Waals surface area (Å²) in [6.07, 6.45) is 3.81. The summed E-state index contributed by atoms with van der Waals surface area (Å²) in [6, 6.07) is 5.69. The summed E-state index contributed by atoms with van der Waals surface area (Å²) >= 11 is 0. The van der Waals surface area contributed by atoms with Gasteiger partial charge < -0.3 is 10.3 Å². The Bertz CT molecular complexity index is 853. The molecule has 0 aliphatic rings. The van der Waals surface area contributed by atoms with Crippen LogP contribution in [0.1, 0.15) is 15.9 Å². The lowest BCUT2D eigenvalue weighted by molar-refractivity contribution is 0.102. The molecule has 0 aliphatic heterocycles. The van der Waals surface area contributed by atoms with Gasteiger partial charge >= 0.3 is 0 Å². The zero-order chi connectivity index (χ0) is 15.6. The maximum Gasteiger partial charge on any atom is 0.261 e. The highest BCUT2D eigenvalue weighted by atomic mass is 32.2. The number of nitrogens with one attached hydrogen (secondary N) is 2. The number of aromatic amines is 1. The molecular weight excluding hydrogens is 292 g/mol. The maximum atomic E-state index is 12.1. The van der Waals surface area contributed by atoms with E-state index in [4.69, 9.17) is 0 Å². The van der Waals surface area contributed by atoms with Crippen molar-refractivity contribution in [2.75, 3.05) is 11.6 Å². The molecule has 0 radical (unpaired) electrons.